The van der Waals surface area contributed by atoms with E-state index in [-0.39, 0.29) is 23.9 Å². The molecule has 0 spiro atoms. The van der Waals surface area contributed by atoms with Gasteiger partial charge in [-0.2, -0.15) is 10.4 Å². The second-order valence-electron chi connectivity index (χ2n) is 7.91. The Bertz CT molecular complexity index is 1070. The highest BCUT2D eigenvalue weighted by Gasteiger charge is 2.35. The van der Waals surface area contributed by atoms with Gasteiger partial charge in [0.05, 0.1) is 24.3 Å². The number of fused-ring (bicyclic) bond motifs is 1. The van der Waals surface area contributed by atoms with Crippen LogP contribution in [0.1, 0.15) is 37.0 Å². The minimum Gasteiger partial charge on any atom is -0.373 e. The fraction of sp³-hybridized carbons (Fsp3) is 0.391. The Kier molecular flexibility index (Phi) is 6.05. The summed E-state index contributed by atoms with van der Waals surface area (Å²) in [7, 11) is 0. The first-order valence-corrected chi connectivity index (χ1v) is 10.5. The third kappa shape index (κ3) is 4.20. The van der Waals surface area contributed by atoms with Crippen LogP contribution in [0.25, 0.3) is 10.9 Å². The molecule has 0 amide bonds. The van der Waals surface area contributed by atoms with Crippen molar-refractivity contribution < 1.29 is 9.13 Å². The topological polar surface area (TPSA) is 62.9 Å². The van der Waals surface area contributed by atoms with Gasteiger partial charge in [0.15, 0.2) is 0 Å². The zero-order valence-corrected chi connectivity index (χ0v) is 17.6. The summed E-state index contributed by atoms with van der Waals surface area (Å²) in [4.78, 5) is 0. The Morgan fingerprint density at radius 1 is 1.30 bits per heavy atom. The highest BCUT2D eigenvalue weighted by molar-refractivity contribution is 6.31. The van der Waals surface area contributed by atoms with Crippen LogP contribution in [0.5, 0.6) is 0 Å². The van der Waals surface area contributed by atoms with Crippen molar-refractivity contribution in [2.75, 3.05) is 19.7 Å². The predicted molar refractivity (Wildman–Crippen MR) is 115 cm³/mol. The van der Waals surface area contributed by atoms with Gasteiger partial charge in [0, 0.05) is 27.6 Å². The Hall–Kier alpha value is -2.46. The van der Waals surface area contributed by atoms with Gasteiger partial charge in [-0.05, 0) is 62.7 Å². The van der Waals surface area contributed by atoms with Crippen molar-refractivity contribution in [3.63, 3.8) is 0 Å². The molecule has 0 bridgehead atoms. The van der Waals surface area contributed by atoms with Crippen molar-refractivity contribution in [2.24, 2.45) is 0 Å². The number of nitrogens with zero attached hydrogens (tertiary/aromatic N) is 3. The maximum absolute atomic E-state index is 13.5. The molecule has 2 aromatic carbocycles. The molecule has 7 heteroatoms. The zero-order valence-electron chi connectivity index (χ0n) is 16.9. The molecular formula is C23H24ClFN4O. The molecule has 1 atom stereocenters. The summed E-state index contributed by atoms with van der Waals surface area (Å²) in [5.74, 6) is -0.230. The van der Waals surface area contributed by atoms with Crippen molar-refractivity contribution >= 4 is 22.5 Å². The molecule has 1 unspecified atom stereocenters. The quantitative estimate of drug-likeness (QED) is 0.617. The van der Waals surface area contributed by atoms with Crippen LogP contribution in [0.3, 0.4) is 0 Å². The predicted octanol–water partition coefficient (Wildman–Crippen LogP) is 4.75. The van der Waals surface area contributed by atoms with E-state index in [0.29, 0.717) is 11.6 Å². The minimum atomic E-state index is -0.233. The summed E-state index contributed by atoms with van der Waals surface area (Å²) in [5.41, 5.74) is 2.64. The summed E-state index contributed by atoms with van der Waals surface area (Å²) in [6, 6.07) is 12.6. The van der Waals surface area contributed by atoms with E-state index in [1.54, 1.807) is 4.68 Å². The van der Waals surface area contributed by atoms with Gasteiger partial charge in [0.1, 0.15) is 12.4 Å². The first-order chi connectivity index (χ1) is 14.5. The van der Waals surface area contributed by atoms with Gasteiger partial charge in [-0.3, -0.25) is 4.68 Å². The van der Waals surface area contributed by atoms with Gasteiger partial charge >= 0.3 is 0 Å². The number of hydrogen-bond acceptors (Lipinski definition) is 4. The molecule has 2 heterocycles. The van der Waals surface area contributed by atoms with Gasteiger partial charge in [0.25, 0.3) is 0 Å². The van der Waals surface area contributed by atoms with Crippen molar-refractivity contribution in [3.8, 4) is 6.07 Å². The lowest BCUT2D eigenvalue weighted by atomic mass is 9.74. The highest BCUT2D eigenvalue weighted by Crippen LogP contribution is 2.37. The number of nitriles is 1. The van der Waals surface area contributed by atoms with Crippen LogP contribution in [0.15, 0.2) is 42.6 Å². The molecule has 5 nitrogen and oxygen atoms in total. The number of hydrogen-bond donors (Lipinski definition) is 1. The number of aromatic nitrogens is 2. The second-order valence-corrected chi connectivity index (χ2v) is 8.34. The highest BCUT2D eigenvalue weighted by atomic mass is 35.5. The molecule has 1 saturated heterocycles. The number of benzene rings is 2. The van der Waals surface area contributed by atoms with Crippen LogP contribution in [0, 0.1) is 17.1 Å². The Labute approximate surface area is 180 Å². The monoisotopic (exact) mass is 426 g/mol. The maximum Gasteiger partial charge on any atom is 0.128 e. The van der Waals surface area contributed by atoms with E-state index >= 15 is 0 Å². The summed E-state index contributed by atoms with van der Waals surface area (Å²) in [6.45, 7) is 4.49. The second kappa shape index (κ2) is 8.73. The van der Waals surface area contributed by atoms with Gasteiger partial charge in [-0.15, -0.1) is 0 Å². The summed E-state index contributed by atoms with van der Waals surface area (Å²) in [6.07, 6.45) is 3.44. The van der Waals surface area contributed by atoms with E-state index in [9.17, 15) is 4.39 Å². The van der Waals surface area contributed by atoms with Gasteiger partial charge in [-0.1, -0.05) is 23.7 Å². The average Bonchev–Trinajstić information content (AvgIpc) is 3.15. The summed E-state index contributed by atoms with van der Waals surface area (Å²) >= 11 is 6.34. The Balaban J connectivity index is 1.60. The molecule has 3 aromatic rings. The number of nitrogens with one attached hydrogen (secondary N) is 1. The molecule has 1 fully saturated rings. The van der Waals surface area contributed by atoms with Crippen LogP contribution in [0.4, 0.5) is 4.39 Å². The van der Waals surface area contributed by atoms with E-state index in [1.807, 2.05) is 37.4 Å². The molecule has 1 N–H and O–H groups in total. The fourth-order valence-corrected chi connectivity index (χ4v) is 4.47. The molecule has 30 heavy (non-hydrogen) atoms. The van der Waals surface area contributed by atoms with Gasteiger partial charge in [0.2, 0.25) is 0 Å². The van der Waals surface area contributed by atoms with Crippen LogP contribution in [-0.2, 0) is 16.7 Å². The summed E-state index contributed by atoms with van der Waals surface area (Å²) in [5, 5.41) is 18.4. The largest absolute Gasteiger partial charge is 0.373 e. The first-order valence-electron chi connectivity index (χ1n) is 10.1. The van der Waals surface area contributed by atoms with Crippen molar-refractivity contribution in [2.45, 2.75) is 37.8 Å². The van der Waals surface area contributed by atoms with Crippen LogP contribution < -0.4 is 5.32 Å². The molecule has 0 saturated carbocycles. The van der Waals surface area contributed by atoms with Crippen molar-refractivity contribution in [1.29, 1.82) is 5.26 Å². The number of piperidine rings is 1. The maximum atomic E-state index is 13.5. The first kappa shape index (κ1) is 20.8. The van der Waals surface area contributed by atoms with Crippen LogP contribution in [-0.4, -0.2) is 29.5 Å². The third-order valence-electron chi connectivity index (χ3n) is 5.95. The normalized spacial score (nSPS) is 17.0. The molecule has 0 radical (unpaired) electrons. The number of ether oxygens (including phenoxy) is 1. The lowest BCUT2D eigenvalue weighted by molar-refractivity contribution is 0.0172. The zero-order chi connectivity index (χ0) is 21.1. The van der Waals surface area contributed by atoms with Gasteiger partial charge in [-0.25, -0.2) is 4.39 Å². The SMILES string of the molecule is CC(OCC1(c2ccc(F)cc2)CCNCC1)c1cc(Cl)cc2cn(CC#N)nc12. The molecule has 4 rings (SSSR count). The van der Waals surface area contributed by atoms with Crippen molar-refractivity contribution in [3.05, 3.63) is 64.6 Å². The third-order valence-corrected chi connectivity index (χ3v) is 6.17. The van der Waals surface area contributed by atoms with Crippen LogP contribution in [0.2, 0.25) is 5.02 Å². The lowest BCUT2D eigenvalue weighted by Crippen LogP contribution is -2.43. The van der Waals surface area contributed by atoms with E-state index in [2.05, 4.69) is 16.5 Å². The molecule has 1 aliphatic rings. The molecule has 156 valence electrons. The smallest absolute Gasteiger partial charge is 0.128 e. The molecular weight excluding hydrogens is 403 g/mol. The number of rotatable bonds is 6. The van der Waals surface area contributed by atoms with E-state index < -0.39 is 0 Å². The van der Waals surface area contributed by atoms with Crippen molar-refractivity contribution in [1.82, 2.24) is 15.1 Å². The molecule has 1 aromatic heterocycles. The molecule has 0 aliphatic carbocycles. The lowest BCUT2D eigenvalue weighted by Gasteiger charge is -2.38. The standard InChI is InChI=1S/C23H24ClFN4O/c1-16(21-13-19(24)12-17-14-29(11-8-26)28-22(17)21)30-15-23(6-9-27-10-7-23)18-2-4-20(25)5-3-18/h2-5,12-14,16,27H,6-7,9-11,15H2,1H3. The van der Waals surface area contributed by atoms with Crippen LogP contribution >= 0.6 is 11.6 Å². The van der Waals surface area contributed by atoms with E-state index in [1.165, 1.54) is 12.1 Å². The molecule has 1 aliphatic heterocycles. The fourth-order valence-electron chi connectivity index (χ4n) is 4.24. The van der Waals surface area contributed by atoms with E-state index in [4.69, 9.17) is 21.6 Å². The van der Waals surface area contributed by atoms with Gasteiger partial charge < -0.3 is 10.1 Å². The minimum absolute atomic E-state index is 0.162. The average molecular weight is 427 g/mol. The van der Waals surface area contributed by atoms with E-state index in [0.717, 1.165) is 48.0 Å². The number of halogens is 2. The summed E-state index contributed by atoms with van der Waals surface area (Å²) < 4.78 is 21.5. The Morgan fingerprint density at radius 2 is 2.03 bits per heavy atom. The Morgan fingerprint density at radius 3 is 2.73 bits per heavy atom.